The van der Waals surface area contributed by atoms with Crippen molar-refractivity contribution in [3.8, 4) is 5.75 Å². The maximum atomic E-state index is 13.2. The van der Waals surface area contributed by atoms with Crippen LogP contribution in [0.3, 0.4) is 0 Å². The highest BCUT2D eigenvalue weighted by atomic mass is 79.9. The number of ketones is 1. The zero-order valence-corrected chi connectivity index (χ0v) is 16.1. The van der Waals surface area contributed by atoms with Gasteiger partial charge >= 0.3 is 11.9 Å². The van der Waals surface area contributed by atoms with Crippen molar-refractivity contribution in [3.05, 3.63) is 39.9 Å². The van der Waals surface area contributed by atoms with Crippen LogP contribution in [0.5, 0.6) is 5.75 Å². The van der Waals surface area contributed by atoms with Crippen molar-refractivity contribution < 1.29 is 28.6 Å². The highest BCUT2D eigenvalue weighted by molar-refractivity contribution is 9.10. The van der Waals surface area contributed by atoms with Gasteiger partial charge in [-0.1, -0.05) is 22.0 Å². The number of esters is 2. The quantitative estimate of drug-likeness (QED) is 0.693. The molecule has 0 saturated heterocycles. The molecule has 0 unspecified atom stereocenters. The molecule has 26 heavy (non-hydrogen) atoms. The van der Waals surface area contributed by atoms with E-state index in [0.717, 1.165) is 4.47 Å². The van der Waals surface area contributed by atoms with Gasteiger partial charge in [0.25, 0.3) is 0 Å². The predicted octanol–water partition coefficient (Wildman–Crippen LogP) is 3.08. The van der Waals surface area contributed by atoms with Gasteiger partial charge in [0, 0.05) is 16.5 Å². The smallest absolute Gasteiger partial charge is 0.334 e. The van der Waals surface area contributed by atoms with E-state index in [9.17, 15) is 14.4 Å². The Hall–Kier alpha value is -2.15. The molecule has 1 aliphatic carbocycles. The van der Waals surface area contributed by atoms with Crippen LogP contribution in [-0.4, -0.2) is 37.0 Å². The largest absolute Gasteiger partial charge is 0.489 e. The fourth-order valence-electron chi connectivity index (χ4n) is 3.44. The SMILES string of the molecule is CCOC(=O)C1=CC[C@H]2Oc3ccc(Br)cc3C(=O)[C@@H]2[C@@H]1C(=O)OCC. The van der Waals surface area contributed by atoms with Gasteiger partial charge in [-0.2, -0.15) is 0 Å². The summed E-state index contributed by atoms with van der Waals surface area (Å²) in [6.07, 6.45) is 1.44. The molecule has 2 aliphatic rings. The topological polar surface area (TPSA) is 78.9 Å². The predicted molar refractivity (Wildman–Crippen MR) is 95.8 cm³/mol. The van der Waals surface area contributed by atoms with Gasteiger partial charge in [-0.05, 0) is 32.0 Å². The van der Waals surface area contributed by atoms with Gasteiger partial charge in [-0.15, -0.1) is 0 Å². The van der Waals surface area contributed by atoms with Crippen molar-refractivity contribution in [1.82, 2.24) is 0 Å². The molecule has 0 fully saturated rings. The number of benzene rings is 1. The van der Waals surface area contributed by atoms with Crippen LogP contribution in [-0.2, 0) is 19.1 Å². The molecule has 0 saturated carbocycles. The zero-order valence-electron chi connectivity index (χ0n) is 14.5. The van der Waals surface area contributed by atoms with Gasteiger partial charge in [0.2, 0.25) is 0 Å². The number of carbonyl (C=O) groups excluding carboxylic acids is 3. The zero-order chi connectivity index (χ0) is 18.8. The van der Waals surface area contributed by atoms with Crippen LogP contribution in [0.15, 0.2) is 34.3 Å². The van der Waals surface area contributed by atoms with E-state index in [0.29, 0.717) is 17.7 Å². The van der Waals surface area contributed by atoms with Crippen molar-refractivity contribution in [2.24, 2.45) is 11.8 Å². The van der Waals surface area contributed by atoms with Crippen molar-refractivity contribution in [2.45, 2.75) is 26.4 Å². The number of halogens is 1. The summed E-state index contributed by atoms with van der Waals surface area (Å²) >= 11 is 3.35. The van der Waals surface area contributed by atoms with Gasteiger partial charge in [-0.3, -0.25) is 9.59 Å². The lowest BCUT2D eigenvalue weighted by Crippen LogP contribution is -2.49. The van der Waals surface area contributed by atoms with Crippen molar-refractivity contribution in [3.63, 3.8) is 0 Å². The van der Waals surface area contributed by atoms with Crippen molar-refractivity contribution in [2.75, 3.05) is 13.2 Å². The average molecular weight is 423 g/mol. The molecule has 138 valence electrons. The van der Waals surface area contributed by atoms with Crippen LogP contribution < -0.4 is 4.74 Å². The minimum absolute atomic E-state index is 0.153. The molecule has 1 aromatic carbocycles. The maximum absolute atomic E-state index is 13.2. The lowest BCUT2D eigenvalue weighted by atomic mass is 9.71. The molecule has 0 N–H and O–H groups in total. The minimum Gasteiger partial charge on any atom is -0.489 e. The average Bonchev–Trinajstić information content (AvgIpc) is 2.62. The van der Waals surface area contributed by atoms with Gasteiger partial charge < -0.3 is 14.2 Å². The van der Waals surface area contributed by atoms with Crippen LogP contribution in [0.4, 0.5) is 0 Å². The molecule has 0 radical (unpaired) electrons. The normalized spacial score (nSPS) is 23.9. The highest BCUT2D eigenvalue weighted by Gasteiger charge is 2.50. The first-order valence-electron chi connectivity index (χ1n) is 8.52. The first kappa shape index (κ1) is 18.6. The molecule has 1 heterocycles. The second-order valence-electron chi connectivity index (χ2n) is 6.03. The standard InChI is InChI=1S/C19H19BrO6/c1-3-24-18(22)11-6-8-14-16(15(11)19(23)25-4-2)17(21)12-9-10(20)5-7-13(12)26-14/h5-7,9,14-16H,3-4,8H2,1-2H3/t14-,15-,16+/m1/s1. The van der Waals surface area contributed by atoms with E-state index >= 15 is 0 Å². The Morgan fingerprint density at radius 3 is 2.65 bits per heavy atom. The summed E-state index contributed by atoms with van der Waals surface area (Å²) < 4.78 is 16.9. The van der Waals surface area contributed by atoms with Gasteiger partial charge in [0.15, 0.2) is 5.78 Å². The van der Waals surface area contributed by atoms with E-state index in [4.69, 9.17) is 14.2 Å². The van der Waals surface area contributed by atoms with E-state index in [1.165, 1.54) is 0 Å². The molecule has 7 heteroatoms. The van der Waals surface area contributed by atoms with E-state index in [-0.39, 0.29) is 24.6 Å². The molecule has 3 rings (SSSR count). The summed E-state index contributed by atoms with van der Waals surface area (Å²) in [5, 5.41) is 0. The number of fused-ring (bicyclic) bond motifs is 2. The molecule has 1 aliphatic heterocycles. The number of carbonyl (C=O) groups is 3. The van der Waals surface area contributed by atoms with Gasteiger partial charge in [0.1, 0.15) is 17.8 Å². The first-order valence-corrected chi connectivity index (χ1v) is 9.31. The summed E-state index contributed by atoms with van der Waals surface area (Å²) in [7, 11) is 0. The summed E-state index contributed by atoms with van der Waals surface area (Å²) in [6, 6.07) is 5.17. The third-order valence-electron chi connectivity index (χ3n) is 4.50. The number of hydrogen-bond donors (Lipinski definition) is 0. The van der Waals surface area contributed by atoms with Crippen LogP contribution in [0, 0.1) is 11.8 Å². The number of hydrogen-bond acceptors (Lipinski definition) is 6. The van der Waals surface area contributed by atoms with Crippen LogP contribution in [0.25, 0.3) is 0 Å². The second kappa shape index (κ2) is 7.61. The monoisotopic (exact) mass is 422 g/mol. The van der Waals surface area contributed by atoms with Crippen LogP contribution in [0.2, 0.25) is 0 Å². The third kappa shape index (κ3) is 3.28. The Bertz CT molecular complexity index is 784. The maximum Gasteiger partial charge on any atom is 0.334 e. The van der Waals surface area contributed by atoms with E-state index < -0.39 is 29.9 Å². The van der Waals surface area contributed by atoms with Gasteiger partial charge in [0.05, 0.1) is 24.7 Å². The fourth-order valence-corrected chi connectivity index (χ4v) is 3.80. The summed E-state index contributed by atoms with van der Waals surface area (Å²) in [4.78, 5) is 38.1. The number of ether oxygens (including phenoxy) is 3. The molecule has 0 amide bonds. The van der Waals surface area contributed by atoms with E-state index in [2.05, 4.69) is 15.9 Å². The summed E-state index contributed by atoms with van der Waals surface area (Å²) in [5.74, 6) is -2.82. The lowest BCUT2D eigenvalue weighted by molar-refractivity contribution is -0.153. The van der Waals surface area contributed by atoms with E-state index in [1.807, 2.05) is 0 Å². The molecular formula is C19H19BrO6. The molecule has 1 aromatic rings. The lowest BCUT2D eigenvalue weighted by Gasteiger charge is -2.38. The number of rotatable bonds is 4. The Morgan fingerprint density at radius 2 is 1.96 bits per heavy atom. The minimum atomic E-state index is -1.03. The number of Topliss-reactive ketones (excluding diaryl/α,β-unsaturated/α-hetero) is 1. The van der Waals surface area contributed by atoms with Crippen LogP contribution in [0.1, 0.15) is 30.6 Å². The molecule has 0 spiro atoms. The highest BCUT2D eigenvalue weighted by Crippen LogP contribution is 2.42. The van der Waals surface area contributed by atoms with Gasteiger partial charge in [-0.25, -0.2) is 4.79 Å². The molecule has 6 nitrogen and oxygen atoms in total. The Labute approximate surface area is 159 Å². The molecule has 0 bridgehead atoms. The molecule has 3 atom stereocenters. The Balaban J connectivity index is 2.04. The Kier molecular flexibility index (Phi) is 5.46. The third-order valence-corrected chi connectivity index (χ3v) is 5.00. The molecular weight excluding hydrogens is 404 g/mol. The van der Waals surface area contributed by atoms with E-state index in [1.54, 1.807) is 38.1 Å². The van der Waals surface area contributed by atoms with Crippen molar-refractivity contribution >= 4 is 33.7 Å². The summed E-state index contributed by atoms with van der Waals surface area (Å²) in [5.41, 5.74) is 0.557. The Morgan fingerprint density at radius 1 is 1.23 bits per heavy atom. The van der Waals surface area contributed by atoms with Crippen molar-refractivity contribution in [1.29, 1.82) is 0 Å². The summed E-state index contributed by atoms with van der Waals surface area (Å²) in [6.45, 7) is 3.70. The van der Waals surface area contributed by atoms with Crippen LogP contribution >= 0.6 is 15.9 Å². The molecule has 0 aromatic heterocycles. The first-order chi connectivity index (χ1) is 12.5. The fraction of sp³-hybridized carbons (Fsp3) is 0.421. The second-order valence-corrected chi connectivity index (χ2v) is 6.95.